The van der Waals surface area contributed by atoms with Gasteiger partial charge in [0.05, 0.1) is 0 Å². The molecule has 5 heteroatoms. The van der Waals surface area contributed by atoms with Gasteiger partial charge in [0.25, 0.3) is 0 Å². The first-order valence-electron chi connectivity index (χ1n) is 8.06. The van der Waals surface area contributed by atoms with Gasteiger partial charge in [-0.15, -0.1) is 11.3 Å². The second-order valence-electron chi connectivity index (χ2n) is 6.05. The summed E-state index contributed by atoms with van der Waals surface area (Å²) >= 11 is 3.95. The molecule has 3 rings (SSSR count). The third-order valence-corrected chi connectivity index (χ3v) is 6.65. The molecule has 1 aromatic heterocycles. The molecule has 2 saturated heterocycles. The second kappa shape index (κ2) is 7.97. The first-order chi connectivity index (χ1) is 10.4. The first-order valence-corrected chi connectivity index (χ1v) is 10.1. The van der Waals surface area contributed by atoms with Crippen LogP contribution in [0.25, 0.3) is 0 Å². The summed E-state index contributed by atoms with van der Waals surface area (Å²) in [5.74, 6) is 2.65. The summed E-state index contributed by atoms with van der Waals surface area (Å²) in [7, 11) is 0. The molecular formula is C16H26N2OS2. The van der Waals surface area contributed by atoms with Crippen LogP contribution in [0.5, 0.6) is 0 Å². The van der Waals surface area contributed by atoms with Crippen molar-refractivity contribution in [2.75, 3.05) is 37.7 Å². The van der Waals surface area contributed by atoms with Gasteiger partial charge in [0, 0.05) is 49.7 Å². The minimum atomic E-state index is 0.306. The monoisotopic (exact) mass is 326 g/mol. The Morgan fingerprint density at radius 3 is 2.81 bits per heavy atom. The van der Waals surface area contributed by atoms with Gasteiger partial charge in [-0.25, -0.2) is 0 Å². The molecule has 0 saturated carbocycles. The molecule has 0 aromatic carbocycles. The van der Waals surface area contributed by atoms with Gasteiger partial charge < -0.3 is 5.11 Å². The number of thioether (sulfide) groups is 1. The zero-order valence-corrected chi connectivity index (χ0v) is 14.2. The molecule has 3 nitrogen and oxygen atoms in total. The molecule has 3 heterocycles. The van der Waals surface area contributed by atoms with Crippen molar-refractivity contribution in [3.63, 3.8) is 0 Å². The Kier molecular flexibility index (Phi) is 6.00. The Balaban J connectivity index is 1.59. The molecule has 0 aliphatic carbocycles. The van der Waals surface area contributed by atoms with Crippen LogP contribution in [-0.2, 0) is 6.54 Å². The molecule has 2 aliphatic heterocycles. The molecule has 21 heavy (non-hydrogen) atoms. The van der Waals surface area contributed by atoms with Crippen molar-refractivity contribution in [1.82, 2.24) is 9.80 Å². The minimum absolute atomic E-state index is 0.306. The maximum absolute atomic E-state index is 9.41. The van der Waals surface area contributed by atoms with E-state index in [1.807, 2.05) is 11.3 Å². The normalized spacial score (nSPS) is 26.2. The van der Waals surface area contributed by atoms with Crippen LogP contribution in [0, 0.1) is 0 Å². The highest BCUT2D eigenvalue weighted by Crippen LogP contribution is 2.26. The fraction of sp³-hybridized carbons (Fsp3) is 0.750. The quantitative estimate of drug-likeness (QED) is 0.899. The van der Waals surface area contributed by atoms with Crippen LogP contribution in [0.1, 0.15) is 24.1 Å². The standard InChI is InChI=1S/C16H26N2OS2/c19-8-3-15-12-17(14-4-10-20-11-5-14)6-7-18(15)13-16-2-1-9-21-16/h1-2,9,14-15,19H,3-8,10-13H2. The van der Waals surface area contributed by atoms with E-state index in [9.17, 15) is 5.11 Å². The van der Waals surface area contributed by atoms with Gasteiger partial charge in [-0.05, 0) is 42.2 Å². The molecule has 0 amide bonds. The Morgan fingerprint density at radius 1 is 1.24 bits per heavy atom. The van der Waals surface area contributed by atoms with Crippen molar-refractivity contribution >= 4 is 23.1 Å². The fourth-order valence-corrected chi connectivity index (χ4v) is 5.34. The zero-order valence-electron chi connectivity index (χ0n) is 12.6. The van der Waals surface area contributed by atoms with E-state index >= 15 is 0 Å². The molecule has 0 spiro atoms. The van der Waals surface area contributed by atoms with Crippen LogP contribution in [0.3, 0.4) is 0 Å². The molecule has 1 unspecified atom stereocenters. The molecule has 0 radical (unpaired) electrons. The van der Waals surface area contributed by atoms with Gasteiger partial charge in [-0.1, -0.05) is 6.07 Å². The van der Waals surface area contributed by atoms with Gasteiger partial charge >= 0.3 is 0 Å². The third-order valence-electron chi connectivity index (χ3n) is 4.74. The maximum Gasteiger partial charge on any atom is 0.0446 e. The van der Waals surface area contributed by atoms with Crippen LogP contribution in [0.15, 0.2) is 17.5 Å². The van der Waals surface area contributed by atoms with Crippen LogP contribution < -0.4 is 0 Å². The van der Waals surface area contributed by atoms with Gasteiger partial charge in [-0.3, -0.25) is 9.80 Å². The Hall–Kier alpha value is -0.0700. The summed E-state index contributed by atoms with van der Waals surface area (Å²) in [4.78, 5) is 6.72. The van der Waals surface area contributed by atoms with Gasteiger partial charge in [-0.2, -0.15) is 11.8 Å². The molecule has 1 atom stereocenters. The van der Waals surface area contributed by atoms with Crippen LogP contribution in [-0.4, -0.2) is 64.7 Å². The van der Waals surface area contributed by atoms with Crippen LogP contribution in [0.2, 0.25) is 0 Å². The molecule has 2 fully saturated rings. The molecule has 1 N–H and O–H groups in total. The number of hydrogen-bond acceptors (Lipinski definition) is 5. The van der Waals surface area contributed by atoms with Crippen molar-refractivity contribution in [3.05, 3.63) is 22.4 Å². The molecule has 118 valence electrons. The lowest BCUT2D eigenvalue weighted by molar-refractivity contribution is 0.0298. The predicted octanol–water partition coefficient (Wildman–Crippen LogP) is 2.51. The summed E-state index contributed by atoms with van der Waals surface area (Å²) in [6.45, 7) is 4.84. The number of aliphatic hydroxyl groups excluding tert-OH is 1. The first kappa shape index (κ1) is 15.8. The Morgan fingerprint density at radius 2 is 2.10 bits per heavy atom. The lowest BCUT2D eigenvalue weighted by Crippen LogP contribution is -2.56. The smallest absolute Gasteiger partial charge is 0.0446 e. The van der Waals surface area contributed by atoms with E-state index in [-0.39, 0.29) is 0 Å². The molecule has 1 aromatic rings. The van der Waals surface area contributed by atoms with E-state index in [0.29, 0.717) is 12.6 Å². The van der Waals surface area contributed by atoms with Crippen molar-refractivity contribution in [2.24, 2.45) is 0 Å². The summed E-state index contributed by atoms with van der Waals surface area (Å²) < 4.78 is 0. The Labute approximate surface area is 136 Å². The lowest BCUT2D eigenvalue weighted by atomic mass is 10.0. The second-order valence-corrected chi connectivity index (χ2v) is 8.31. The van der Waals surface area contributed by atoms with E-state index < -0.39 is 0 Å². The highest BCUT2D eigenvalue weighted by molar-refractivity contribution is 7.99. The van der Waals surface area contributed by atoms with Crippen molar-refractivity contribution < 1.29 is 5.11 Å². The lowest BCUT2D eigenvalue weighted by Gasteiger charge is -2.45. The van der Waals surface area contributed by atoms with Gasteiger partial charge in [0.2, 0.25) is 0 Å². The maximum atomic E-state index is 9.41. The summed E-state index contributed by atoms with van der Waals surface area (Å²) in [6.07, 6.45) is 3.60. The number of hydrogen-bond donors (Lipinski definition) is 1. The predicted molar refractivity (Wildman–Crippen MR) is 92.1 cm³/mol. The van der Waals surface area contributed by atoms with Gasteiger partial charge in [0.15, 0.2) is 0 Å². The number of thiophene rings is 1. The van der Waals surface area contributed by atoms with E-state index in [1.54, 1.807) is 0 Å². The molecular weight excluding hydrogens is 300 g/mol. The van der Waals surface area contributed by atoms with E-state index in [0.717, 1.165) is 32.1 Å². The van der Waals surface area contributed by atoms with E-state index in [2.05, 4.69) is 39.1 Å². The minimum Gasteiger partial charge on any atom is -0.396 e. The van der Waals surface area contributed by atoms with Crippen LogP contribution >= 0.6 is 23.1 Å². The fourth-order valence-electron chi connectivity index (χ4n) is 3.53. The molecule has 2 aliphatic rings. The van der Waals surface area contributed by atoms with Crippen LogP contribution in [0.4, 0.5) is 0 Å². The summed E-state index contributed by atoms with van der Waals surface area (Å²) in [6, 6.07) is 5.67. The number of aliphatic hydroxyl groups is 1. The van der Waals surface area contributed by atoms with E-state index in [4.69, 9.17) is 0 Å². The average Bonchev–Trinajstić information content (AvgIpc) is 3.03. The highest BCUT2D eigenvalue weighted by Gasteiger charge is 2.31. The summed E-state index contributed by atoms with van der Waals surface area (Å²) in [5, 5.41) is 11.6. The van der Waals surface area contributed by atoms with E-state index in [1.165, 1.54) is 35.8 Å². The topological polar surface area (TPSA) is 26.7 Å². The zero-order chi connectivity index (χ0) is 14.5. The molecule has 0 bridgehead atoms. The van der Waals surface area contributed by atoms with Crippen molar-refractivity contribution in [1.29, 1.82) is 0 Å². The average molecular weight is 327 g/mol. The third kappa shape index (κ3) is 4.23. The SMILES string of the molecule is OCCC1CN(C2CCSCC2)CCN1Cc1cccs1. The largest absolute Gasteiger partial charge is 0.396 e. The number of rotatable bonds is 5. The van der Waals surface area contributed by atoms with Gasteiger partial charge in [0.1, 0.15) is 0 Å². The Bertz CT molecular complexity index is 406. The van der Waals surface area contributed by atoms with Crippen molar-refractivity contribution in [3.8, 4) is 0 Å². The number of nitrogens with zero attached hydrogens (tertiary/aromatic N) is 2. The summed E-state index contributed by atoms with van der Waals surface area (Å²) in [5.41, 5.74) is 0. The highest BCUT2D eigenvalue weighted by atomic mass is 32.2. The number of piperazine rings is 1. The van der Waals surface area contributed by atoms with Crippen molar-refractivity contribution in [2.45, 2.75) is 37.9 Å².